The van der Waals surface area contributed by atoms with Crippen LogP contribution in [-0.2, 0) is 9.59 Å². The van der Waals surface area contributed by atoms with Crippen LogP contribution in [0.4, 0.5) is 0 Å². The van der Waals surface area contributed by atoms with E-state index >= 15 is 0 Å². The molecular formula is C5H7O2. The molecule has 7 heavy (non-hydrogen) atoms. The third kappa shape index (κ3) is 2.09. The van der Waals surface area contributed by atoms with Gasteiger partial charge in [-0.25, -0.2) is 0 Å². The fourth-order valence-corrected chi connectivity index (χ4v) is 0.0241. The van der Waals surface area contributed by atoms with Crippen molar-refractivity contribution in [2.45, 2.75) is 13.8 Å². The van der Waals surface area contributed by atoms with E-state index in [0.717, 1.165) is 0 Å². The maximum absolute atomic E-state index is 9.80. The fraction of sp³-hybridized carbons (Fsp3) is 0.600. The summed E-state index contributed by atoms with van der Waals surface area (Å²) in [5.41, 5.74) is -0.903. The zero-order valence-corrected chi connectivity index (χ0v) is 4.39. The van der Waals surface area contributed by atoms with Crippen molar-refractivity contribution in [3.63, 3.8) is 0 Å². The van der Waals surface area contributed by atoms with Gasteiger partial charge in [-0.2, -0.15) is 0 Å². The third-order valence-electron chi connectivity index (χ3n) is 0.558. The number of hydrogen-bond donors (Lipinski definition) is 0. The standard InChI is InChI=1S/C5H7O2/c1-5(2,3-6)4-7/h3H,1-2H3. The number of carbonyl (C=O) groups is 1. The van der Waals surface area contributed by atoms with Crippen LogP contribution in [0.15, 0.2) is 0 Å². The van der Waals surface area contributed by atoms with Crippen LogP contribution in [0.5, 0.6) is 0 Å². The van der Waals surface area contributed by atoms with Crippen LogP contribution in [0.25, 0.3) is 0 Å². The molecule has 0 aromatic rings. The Hall–Kier alpha value is -0.660. The Labute approximate surface area is 42.5 Å². The van der Waals surface area contributed by atoms with E-state index in [4.69, 9.17) is 0 Å². The van der Waals surface area contributed by atoms with Crippen LogP contribution < -0.4 is 0 Å². The molecule has 0 atom stereocenters. The molecule has 0 bridgehead atoms. The lowest BCUT2D eigenvalue weighted by Crippen LogP contribution is -2.13. The van der Waals surface area contributed by atoms with Crippen LogP contribution in [-0.4, -0.2) is 12.6 Å². The van der Waals surface area contributed by atoms with Gasteiger partial charge in [0, 0.05) is 0 Å². The van der Waals surface area contributed by atoms with Crippen LogP contribution >= 0.6 is 0 Å². The Bertz CT molecular complexity index is 74.1. The summed E-state index contributed by atoms with van der Waals surface area (Å²) in [5, 5.41) is 0. The first kappa shape index (κ1) is 6.34. The number of aldehydes is 1. The molecule has 0 fully saturated rings. The zero-order valence-electron chi connectivity index (χ0n) is 4.39. The highest BCUT2D eigenvalue weighted by molar-refractivity contribution is 5.82. The van der Waals surface area contributed by atoms with Gasteiger partial charge in [-0.15, -0.1) is 0 Å². The smallest absolute Gasteiger partial charge is 0.212 e. The minimum absolute atomic E-state index is 0.569. The van der Waals surface area contributed by atoms with Crippen molar-refractivity contribution >= 4 is 12.6 Å². The average molecular weight is 99.1 g/mol. The summed E-state index contributed by atoms with van der Waals surface area (Å²) >= 11 is 0. The van der Waals surface area contributed by atoms with Crippen LogP contribution in [0, 0.1) is 5.41 Å². The highest BCUT2D eigenvalue weighted by Crippen LogP contribution is 2.03. The molecule has 0 saturated carbocycles. The minimum Gasteiger partial charge on any atom is -0.302 e. The molecule has 0 rings (SSSR count). The molecule has 0 aromatic carbocycles. The molecule has 0 aliphatic heterocycles. The summed E-state index contributed by atoms with van der Waals surface area (Å²) in [7, 11) is 0. The monoisotopic (exact) mass is 99.0 g/mol. The van der Waals surface area contributed by atoms with Gasteiger partial charge in [0.25, 0.3) is 0 Å². The molecule has 1 radical (unpaired) electrons. The van der Waals surface area contributed by atoms with Crippen LogP contribution in [0.3, 0.4) is 0 Å². The second-order valence-corrected chi connectivity index (χ2v) is 1.94. The van der Waals surface area contributed by atoms with E-state index in [9.17, 15) is 9.59 Å². The molecule has 0 aromatic heterocycles. The SMILES string of the molecule is CC(C)([C]=O)C=O. The summed E-state index contributed by atoms with van der Waals surface area (Å²) in [6.45, 7) is 3.01. The van der Waals surface area contributed by atoms with E-state index in [2.05, 4.69) is 0 Å². The van der Waals surface area contributed by atoms with E-state index in [0.29, 0.717) is 6.29 Å². The predicted molar refractivity (Wildman–Crippen MR) is 25.5 cm³/mol. The molecule has 39 valence electrons. The molecule has 0 N–H and O–H groups in total. The zero-order chi connectivity index (χ0) is 5.91. The summed E-state index contributed by atoms with van der Waals surface area (Å²) in [6, 6.07) is 0. The summed E-state index contributed by atoms with van der Waals surface area (Å²) in [5.74, 6) is 0. The summed E-state index contributed by atoms with van der Waals surface area (Å²) < 4.78 is 0. The first-order chi connectivity index (χ1) is 3.12. The van der Waals surface area contributed by atoms with Crippen LogP contribution in [0.1, 0.15) is 13.8 Å². The molecule has 0 unspecified atom stereocenters. The largest absolute Gasteiger partial charge is 0.302 e. The maximum Gasteiger partial charge on any atom is 0.212 e. The molecule has 0 amide bonds. The highest BCUT2D eigenvalue weighted by Gasteiger charge is 2.14. The lowest BCUT2D eigenvalue weighted by molar-refractivity contribution is -0.112. The Balaban J connectivity index is 3.82. The second-order valence-electron chi connectivity index (χ2n) is 1.94. The van der Waals surface area contributed by atoms with Gasteiger partial charge in [-0.3, -0.25) is 4.79 Å². The lowest BCUT2D eigenvalue weighted by Gasteiger charge is -2.00. The number of hydrogen-bond acceptors (Lipinski definition) is 2. The van der Waals surface area contributed by atoms with Gasteiger partial charge < -0.3 is 4.79 Å². The number of rotatable bonds is 2. The quantitative estimate of drug-likeness (QED) is 0.369. The fourth-order valence-electron chi connectivity index (χ4n) is 0.0241. The van der Waals surface area contributed by atoms with Crippen molar-refractivity contribution in [2.24, 2.45) is 5.41 Å². The Morgan fingerprint density at radius 2 is 2.00 bits per heavy atom. The first-order valence-corrected chi connectivity index (χ1v) is 1.98. The minimum atomic E-state index is -0.903. The molecule has 0 aliphatic carbocycles. The number of carbonyl (C=O) groups excluding carboxylic acids is 2. The van der Waals surface area contributed by atoms with Crippen molar-refractivity contribution in [3.05, 3.63) is 0 Å². The van der Waals surface area contributed by atoms with Gasteiger partial charge in [-0.1, -0.05) is 0 Å². The average Bonchev–Trinajstić information content (AvgIpc) is 1.68. The van der Waals surface area contributed by atoms with Crippen molar-refractivity contribution < 1.29 is 9.59 Å². The molecule has 0 heterocycles. The highest BCUT2D eigenvalue weighted by atomic mass is 16.1. The van der Waals surface area contributed by atoms with E-state index in [1.165, 1.54) is 13.8 Å². The van der Waals surface area contributed by atoms with E-state index in [-0.39, 0.29) is 0 Å². The lowest BCUT2D eigenvalue weighted by atomic mass is 9.99. The molecule has 0 aliphatic rings. The summed E-state index contributed by atoms with van der Waals surface area (Å²) in [4.78, 5) is 19.5. The van der Waals surface area contributed by atoms with Gasteiger partial charge in [-0.05, 0) is 13.8 Å². The van der Waals surface area contributed by atoms with Gasteiger partial charge in [0.2, 0.25) is 6.29 Å². The Morgan fingerprint density at radius 1 is 1.57 bits per heavy atom. The normalized spacial score (nSPS) is 10.6. The second kappa shape index (κ2) is 1.87. The molecule has 2 heteroatoms. The van der Waals surface area contributed by atoms with E-state index in [1.807, 2.05) is 0 Å². The third-order valence-corrected chi connectivity index (χ3v) is 0.558. The molecular weight excluding hydrogens is 92.1 g/mol. The van der Waals surface area contributed by atoms with E-state index < -0.39 is 5.41 Å². The molecule has 0 spiro atoms. The first-order valence-electron chi connectivity index (χ1n) is 1.98. The van der Waals surface area contributed by atoms with Crippen LogP contribution in [0.2, 0.25) is 0 Å². The molecule has 0 saturated heterocycles. The Morgan fingerprint density at radius 3 is 2.00 bits per heavy atom. The predicted octanol–water partition coefficient (Wildman–Crippen LogP) is 0.321. The van der Waals surface area contributed by atoms with Crippen molar-refractivity contribution in [3.8, 4) is 0 Å². The Kier molecular flexibility index (Phi) is 1.69. The maximum atomic E-state index is 9.80. The topological polar surface area (TPSA) is 34.1 Å². The summed E-state index contributed by atoms with van der Waals surface area (Å²) in [6.07, 6.45) is 2.14. The van der Waals surface area contributed by atoms with Gasteiger partial charge in [0.15, 0.2) is 0 Å². The van der Waals surface area contributed by atoms with Gasteiger partial charge >= 0.3 is 0 Å². The van der Waals surface area contributed by atoms with Gasteiger partial charge in [0.05, 0.1) is 5.41 Å². The van der Waals surface area contributed by atoms with Crippen molar-refractivity contribution in [1.82, 2.24) is 0 Å². The van der Waals surface area contributed by atoms with E-state index in [1.54, 1.807) is 6.29 Å². The van der Waals surface area contributed by atoms with Crippen molar-refractivity contribution in [2.75, 3.05) is 0 Å². The van der Waals surface area contributed by atoms with Gasteiger partial charge in [0.1, 0.15) is 6.29 Å². The molecule has 2 nitrogen and oxygen atoms in total. The van der Waals surface area contributed by atoms with Crippen molar-refractivity contribution in [1.29, 1.82) is 0 Å².